The Balaban J connectivity index is 2.43. The molecule has 0 aromatic heterocycles. The summed E-state index contributed by atoms with van der Waals surface area (Å²) in [6, 6.07) is -0.932. The third-order valence-electron chi connectivity index (χ3n) is 9.15. The molecule has 10 nitrogen and oxygen atoms in total. The monoisotopic (exact) mass is 686 g/mol. The zero-order valence-electron chi connectivity index (χ0n) is 30.1. The number of unbranched alkanes of at least 4 members (excludes halogenated alkanes) is 17. The zero-order valence-corrected chi connectivity index (χ0v) is 30.1. The van der Waals surface area contributed by atoms with Gasteiger partial charge in [0.2, 0.25) is 0 Å². The molecule has 1 aliphatic rings. The SMILES string of the molecule is CCCCC/C=C/[C@H](O)C(=O)N[C@H](CO[C@@H]1O[C@H](CO)[C@@H](O)[C@H](O)[C@H]1O)[C@@H](O)CCCCC/C=C/CCCCCCCCCCCCC. The number of carbonyl (C=O) groups is 1. The Kier molecular flexibility index (Phi) is 27.3. The van der Waals surface area contributed by atoms with E-state index < -0.39 is 61.5 Å². The van der Waals surface area contributed by atoms with Crippen molar-refractivity contribution in [3.8, 4) is 0 Å². The number of aliphatic hydroxyl groups excluding tert-OH is 6. The Labute approximate surface area is 291 Å². The molecule has 1 heterocycles. The van der Waals surface area contributed by atoms with E-state index >= 15 is 0 Å². The maximum atomic E-state index is 12.8. The molecule has 0 radical (unpaired) electrons. The van der Waals surface area contributed by atoms with Gasteiger partial charge in [-0.3, -0.25) is 4.79 Å². The van der Waals surface area contributed by atoms with Gasteiger partial charge in [0.15, 0.2) is 12.4 Å². The molecule has 1 fully saturated rings. The second-order valence-electron chi connectivity index (χ2n) is 13.5. The number of carbonyl (C=O) groups excluding carboxylic acids is 1. The van der Waals surface area contributed by atoms with Crippen molar-refractivity contribution < 1.29 is 44.9 Å². The molecule has 0 unspecified atom stereocenters. The molecule has 1 aliphatic heterocycles. The fourth-order valence-electron chi connectivity index (χ4n) is 5.90. The average molecular weight is 686 g/mol. The van der Waals surface area contributed by atoms with E-state index in [4.69, 9.17) is 9.47 Å². The number of ether oxygens (including phenoxy) is 2. The van der Waals surface area contributed by atoms with Crippen molar-refractivity contribution in [2.24, 2.45) is 0 Å². The molecule has 1 amide bonds. The van der Waals surface area contributed by atoms with Gasteiger partial charge in [0.05, 0.1) is 25.4 Å². The van der Waals surface area contributed by atoms with Gasteiger partial charge in [0.1, 0.15) is 24.4 Å². The molecule has 1 saturated heterocycles. The van der Waals surface area contributed by atoms with Crippen LogP contribution in [-0.4, -0.2) is 98.7 Å². The summed E-state index contributed by atoms with van der Waals surface area (Å²) in [4.78, 5) is 12.8. The quantitative estimate of drug-likeness (QED) is 0.0389. The number of hydrogen-bond acceptors (Lipinski definition) is 9. The van der Waals surface area contributed by atoms with E-state index in [1.807, 2.05) is 0 Å². The lowest BCUT2D eigenvalue weighted by atomic mass is 9.99. The molecule has 7 N–H and O–H groups in total. The Morgan fingerprint density at radius 2 is 1.21 bits per heavy atom. The van der Waals surface area contributed by atoms with Crippen molar-refractivity contribution in [1.29, 1.82) is 0 Å². The summed E-state index contributed by atoms with van der Waals surface area (Å²) in [5.41, 5.74) is 0. The first-order valence-electron chi connectivity index (χ1n) is 19.2. The fraction of sp³-hybridized carbons (Fsp3) is 0.868. The van der Waals surface area contributed by atoms with E-state index in [9.17, 15) is 35.4 Å². The highest BCUT2D eigenvalue weighted by atomic mass is 16.7. The van der Waals surface area contributed by atoms with Crippen LogP contribution in [0.3, 0.4) is 0 Å². The van der Waals surface area contributed by atoms with Gasteiger partial charge in [-0.1, -0.05) is 128 Å². The average Bonchev–Trinajstić information content (AvgIpc) is 3.08. The van der Waals surface area contributed by atoms with Crippen LogP contribution in [0.25, 0.3) is 0 Å². The minimum atomic E-state index is -1.60. The molecule has 10 heteroatoms. The number of nitrogens with one attached hydrogen (secondary N) is 1. The molecule has 1 rings (SSSR count). The summed E-state index contributed by atoms with van der Waals surface area (Å²) in [6.45, 7) is 3.47. The van der Waals surface area contributed by atoms with Crippen LogP contribution < -0.4 is 5.32 Å². The predicted molar refractivity (Wildman–Crippen MR) is 190 cm³/mol. The summed E-state index contributed by atoms with van der Waals surface area (Å²) in [5.74, 6) is -0.689. The first kappa shape index (κ1) is 44.7. The highest BCUT2D eigenvalue weighted by Gasteiger charge is 2.44. The molecule has 8 atom stereocenters. The Morgan fingerprint density at radius 3 is 1.79 bits per heavy atom. The number of allylic oxidation sites excluding steroid dienone is 3. The molecular formula is C38H71NO9. The van der Waals surface area contributed by atoms with Gasteiger partial charge in [0, 0.05) is 0 Å². The first-order chi connectivity index (χ1) is 23.3. The lowest BCUT2D eigenvalue weighted by Gasteiger charge is -2.40. The van der Waals surface area contributed by atoms with Crippen molar-refractivity contribution in [2.45, 2.75) is 198 Å². The molecule has 48 heavy (non-hydrogen) atoms. The molecule has 0 bridgehead atoms. The highest BCUT2D eigenvalue weighted by molar-refractivity contribution is 5.82. The van der Waals surface area contributed by atoms with E-state index in [2.05, 4.69) is 31.3 Å². The fourth-order valence-corrected chi connectivity index (χ4v) is 5.90. The molecule has 0 aromatic carbocycles. The van der Waals surface area contributed by atoms with Crippen molar-refractivity contribution in [1.82, 2.24) is 5.32 Å². The van der Waals surface area contributed by atoms with E-state index in [1.54, 1.807) is 6.08 Å². The normalized spacial score (nSPS) is 23.5. The number of rotatable bonds is 30. The summed E-state index contributed by atoms with van der Waals surface area (Å²) < 4.78 is 11.0. The summed E-state index contributed by atoms with van der Waals surface area (Å²) in [7, 11) is 0. The Morgan fingerprint density at radius 1 is 0.708 bits per heavy atom. The third kappa shape index (κ3) is 20.3. The molecule has 282 valence electrons. The molecule has 0 saturated carbocycles. The minimum absolute atomic E-state index is 0.287. The molecule has 0 aliphatic carbocycles. The van der Waals surface area contributed by atoms with E-state index in [-0.39, 0.29) is 6.61 Å². The summed E-state index contributed by atoms with van der Waals surface area (Å²) in [5, 5.41) is 63.9. The highest BCUT2D eigenvalue weighted by Crippen LogP contribution is 2.23. The van der Waals surface area contributed by atoms with Gasteiger partial charge in [0.25, 0.3) is 5.91 Å². The van der Waals surface area contributed by atoms with Crippen molar-refractivity contribution in [3.05, 3.63) is 24.3 Å². The molecule has 0 aromatic rings. The van der Waals surface area contributed by atoms with E-state index in [0.29, 0.717) is 6.42 Å². The van der Waals surface area contributed by atoms with Gasteiger partial charge in [-0.25, -0.2) is 0 Å². The maximum Gasteiger partial charge on any atom is 0.253 e. The van der Waals surface area contributed by atoms with Crippen LogP contribution >= 0.6 is 0 Å². The van der Waals surface area contributed by atoms with Crippen LogP contribution in [0.1, 0.15) is 149 Å². The van der Waals surface area contributed by atoms with Gasteiger partial charge < -0.3 is 45.4 Å². The van der Waals surface area contributed by atoms with Gasteiger partial charge in [-0.05, 0) is 44.9 Å². The van der Waals surface area contributed by atoms with Crippen LogP contribution in [0.5, 0.6) is 0 Å². The summed E-state index contributed by atoms with van der Waals surface area (Å²) in [6.07, 6.45) is 21.8. The van der Waals surface area contributed by atoms with E-state index in [0.717, 1.165) is 57.8 Å². The van der Waals surface area contributed by atoms with Gasteiger partial charge in [-0.2, -0.15) is 0 Å². The maximum absolute atomic E-state index is 12.8. The van der Waals surface area contributed by atoms with Crippen LogP contribution in [0.4, 0.5) is 0 Å². The Bertz CT molecular complexity index is 824. The van der Waals surface area contributed by atoms with Gasteiger partial charge in [-0.15, -0.1) is 0 Å². The summed E-state index contributed by atoms with van der Waals surface area (Å²) >= 11 is 0. The van der Waals surface area contributed by atoms with E-state index in [1.165, 1.54) is 76.7 Å². The van der Waals surface area contributed by atoms with Crippen LogP contribution in [0, 0.1) is 0 Å². The van der Waals surface area contributed by atoms with Crippen molar-refractivity contribution >= 4 is 5.91 Å². The predicted octanol–water partition coefficient (Wildman–Crippen LogP) is 5.35. The largest absolute Gasteiger partial charge is 0.394 e. The standard InChI is InChI=1S/C38H71NO9/c1-3-5-7-9-10-11-12-13-14-15-16-17-18-19-20-21-23-24-26-31(41)30(39-37(46)32(42)27-25-22-8-6-4-2)29-47-38-36(45)35(44)34(43)33(28-40)48-38/h18-19,25,27,30-36,38,40-45H,3-17,20-24,26,28-29H2,1-2H3,(H,39,46)/b19-18+,27-25+/t30-,31+,32+,33-,34-,35+,36-,38-/m1/s1. The smallest absolute Gasteiger partial charge is 0.253 e. The van der Waals surface area contributed by atoms with Gasteiger partial charge >= 0.3 is 0 Å². The lowest BCUT2D eigenvalue weighted by molar-refractivity contribution is -0.302. The lowest BCUT2D eigenvalue weighted by Crippen LogP contribution is -2.60. The Hall–Kier alpha value is -1.37. The molecular weight excluding hydrogens is 614 g/mol. The second-order valence-corrected chi connectivity index (χ2v) is 13.5. The van der Waals surface area contributed by atoms with Crippen molar-refractivity contribution in [3.63, 3.8) is 0 Å². The minimum Gasteiger partial charge on any atom is -0.394 e. The number of amides is 1. The van der Waals surface area contributed by atoms with Crippen LogP contribution in [0.2, 0.25) is 0 Å². The van der Waals surface area contributed by atoms with Crippen molar-refractivity contribution in [2.75, 3.05) is 13.2 Å². The third-order valence-corrected chi connectivity index (χ3v) is 9.15. The first-order valence-corrected chi connectivity index (χ1v) is 19.2. The number of aliphatic hydroxyl groups is 6. The number of hydrogen-bond donors (Lipinski definition) is 7. The van der Waals surface area contributed by atoms with Crippen LogP contribution in [0.15, 0.2) is 24.3 Å². The van der Waals surface area contributed by atoms with Crippen LogP contribution in [-0.2, 0) is 14.3 Å². The zero-order chi connectivity index (χ0) is 35.4. The molecule has 0 spiro atoms. The topological polar surface area (TPSA) is 169 Å². The second kappa shape index (κ2) is 29.4.